The van der Waals surface area contributed by atoms with Crippen LogP contribution in [0.2, 0.25) is 0 Å². The molecule has 1 heterocycles. The Bertz CT molecular complexity index is 1220. The zero-order chi connectivity index (χ0) is 18.8. The lowest BCUT2D eigenvalue weighted by Gasteiger charge is -2.69. The van der Waals surface area contributed by atoms with Gasteiger partial charge in [-0.2, -0.15) is 0 Å². The number of fused-ring (bicyclic) bond motifs is 2. The third-order valence-electron chi connectivity index (χ3n) is 7.08. The van der Waals surface area contributed by atoms with E-state index in [1.807, 2.05) is 0 Å². The van der Waals surface area contributed by atoms with Crippen LogP contribution in [0.25, 0.3) is 23.3 Å². The molecule has 0 N–H and O–H groups in total. The molecular formula is C26H25NO. The number of allylic oxidation sites excluding steroid dienone is 2. The fourth-order valence-corrected chi connectivity index (χ4v) is 5.64. The van der Waals surface area contributed by atoms with Gasteiger partial charge in [-0.15, -0.1) is 0 Å². The van der Waals surface area contributed by atoms with Crippen molar-refractivity contribution in [2.75, 3.05) is 0 Å². The number of aryl methyl sites for hydroxylation is 1. The molecule has 1 aromatic heterocycles. The van der Waals surface area contributed by atoms with Crippen LogP contribution in [0.3, 0.4) is 0 Å². The second-order valence-electron chi connectivity index (χ2n) is 9.15. The molecule has 3 aromatic rings. The second kappa shape index (κ2) is 5.70. The van der Waals surface area contributed by atoms with Crippen molar-refractivity contribution in [3.63, 3.8) is 0 Å². The van der Waals surface area contributed by atoms with Crippen LogP contribution in [-0.4, -0.2) is 4.98 Å². The molecule has 3 saturated carbocycles. The average Bonchev–Trinajstić information content (AvgIpc) is 3.06. The van der Waals surface area contributed by atoms with Crippen molar-refractivity contribution >= 4 is 23.3 Å². The topological polar surface area (TPSA) is 26.0 Å². The van der Waals surface area contributed by atoms with Crippen molar-refractivity contribution in [2.45, 2.75) is 50.9 Å². The van der Waals surface area contributed by atoms with Gasteiger partial charge in [-0.05, 0) is 84.6 Å². The highest BCUT2D eigenvalue weighted by atomic mass is 16.3. The van der Waals surface area contributed by atoms with Gasteiger partial charge in [0.1, 0.15) is 5.52 Å². The van der Waals surface area contributed by atoms with Crippen LogP contribution < -0.4 is 10.4 Å². The van der Waals surface area contributed by atoms with E-state index in [2.05, 4.69) is 67.6 Å². The molecule has 0 saturated heterocycles. The molecule has 4 aliphatic carbocycles. The Morgan fingerprint density at radius 1 is 0.893 bits per heavy atom. The van der Waals surface area contributed by atoms with Gasteiger partial charge in [0.15, 0.2) is 5.58 Å². The Morgan fingerprint density at radius 3 is 2.54 bits per heavy atom. The lowest BCUT2D eigenvalue weighted by atomic mass is 9.33. The molecule has 0 amide bonds. The quantitative estimate of drug-likeness (QED) is 0.642. The minimum atomic E-state index is 0.172. The van der Waals surface area contributed by atoms with E-state index in [-0.39, 0.29) is 5.41 Å². The van der Waals surface area contributed by atoms with Gasteiger partial charge in [0.2, 0.25) is 5.89 Å². The van der Waals surface area contributed by atoms with Gasteiger partial charge >= 0.3 is 0 Å². The lowest BCUT2D eigenvalue weighted by molar-refractivity contribution is -0.120. The summed E-state index contributed by atoms with van der Waals surface area (Å²) in [6.45, 7) is 2.10. The minimum absolute atomic E-state index is 0.172. The molecule has 2 heteroatoms. The summed E-state index contributed by atoms with van der Waals surface area (Å²) in [7, 11) is 0. The monoisotopic (exact) mass is 367 g/mol. The third kappa shape index (κ3) is 2.30. The Morgan fingerprint density at radius 2 is 1.68 bits per heavy atom. The molecule has 0 radical (unpaired) electrons. The van der Waals surface area contributed by atoms with Gasteiger partial charge < -0.3 is 4.42 Å². The lowest BCUT2D eigenvalue weighted by Crippen LogP contribution is -2.65. The zero-order valence-electron chi connectivity index (χ0n) is 16.4. The Labute approximate surface area is 165 Å². The molecule has 0 spiro atoms. The molecule has 2 nitrogen and oxygen atoms in total. The summed E-state index contributed by atoms with van der Waals surface area (Å²) >= 11 is 0. The number of nitrogens with zero attached hydrogens (tertiary/aromatic N) is 1. The maximum atomic E-state index is 6.20. The largest absolute Gasteiger partial charge is 0.440 e. The first-order valence-corrected chi connectivity index (χ1v) is 10.5. The summed E-state index contributed by atoms with van der Waals surface area (Å²) in [5, 5.41) is 2.75. The van der Waals surface area contributed by atoms with Crippen LogP contribution in [0.5, 0.6) is 0 Å². The van der Waals surface area contributed by atoms with E-state index < -0.39 is 0 Å². The highest BCUT2D eigenvalue weighted by Crippen LogP contribution is 2.76. The van der Waals surface area contributed by atoms with Gasteiger partial charge in [0, 0.05) is 5.41 Å². The normalized spacial score (nSPS) is 32.7. The molecule has 7 rings (SSSR count). The number of rotatable bonds is 2. The van der Waals surface area contributed by atoms with Crippen molar-refractivity contribution in [3.05, 3.63) is 76.0 Å². The van der Waals surface area contributed by atoms with Crippen LogP contribution >= 0.6 is 0 Å². The van der Waals surface area contributed by atoms with E-state index in [4.69, 9.17) is 9.40 Å². The number of hydrogen-bond donors (Lipinski definition) is 0. The fourth-order valence-electron chi connectivity index (χ4n) is 5.64. The second-order valence-corrected chi connectivity index (χ2v) is 9.15. The SMILES string of the molecule is Cc1ccc2nc(C34CC(C5=C\CCC\C=c6/cccc/c6=C/5)(C3)C4)oc2c1. The summed E-state index contributed by atoms with van der Waals surface area (Å²) < 4.78 is 6.20. The smallest absolute Gasteiger partial charge is 0.201 e. The molecule has 0 aliphatic heterocycles. The van der Waals surface area contributed by atoms with Gasteiger partial charge in [0.25, 0.3) is 0 Å². The first kappa shape index (κ1) is 16.4. The summed E-state index contributed by atoms with van der Waals surface area (Å²) in [6.07, 6.45) is 14.5. The van der Waals surface area contributed by atoms with E-state index in [0.29, 0.717) is 5.41 Å². The van der Waals surface area contributed by atoms with Crippen molar-refractivity contribution in [3.8, 4) is 0 Å². The van der Waals surface area contributed by atoms with Gasteiger partial charge in [-0.3, -0.25) is 0 Å². The Balaban J connectivity index is 1.34. The van der Waals surface area contributed by atoms with E-state index in [1.54, 1.807) is 5.57 Å². The van der Waals surface area contributed by atoms with Crippen LogP contribution in [0.4, 0.5) is 0 Å². The standard InChI is InChI=1S/C26H25NO/c1-18-11-12-22-23(13-18)28-24(27-22)26-15-25(16-26,17-26)21-10-4-2-3-7-19-8-5-6-9-20(19)14-21/h5-14H,2-4,15-17H2,1H3/b19-7+,20-14-,21-10+. The predicted molar refractivity (Wildman–Crippen MR) is 113 cm³/mol. The summed E-state index contributed by atoms with van der Waals surface area (Å²) in [5.74, 6) is 0.965. The molecule has 0 atom stereocenters. The van der Waals surface area contributed by atoms with Gasteiger partial charge in [-0.25, -0.2) is 4.98 Å². The first-order valence-electron chi connectivity index (χ1n) is 10.5. The van der Waals surface area contributed by atoms with Crippen molar-refractivity contribution in [2.24, 2.45) is 5.41 Å². The molecule has 0 unspecified atom stereocenters. The van der Waals surface area contributed by atoms with Crippen molar-refractivity contribution in [1.29, 1.82) is 0 Å². The Hall–Kier alpha value is -2.61. The van der Waals surface area contributed by atoms with Crippen LogP contribution in [0.1, 0.15) is 50.0 Å². The number of hydrogen-bond acceptors (Lipinski definition) is 2. The van der Waals surface area contributed by atoms with Crippen LogP contribution in [0.15, 0.2) is 58.5 Å². The molecule has 4 aliphatic rings. The fraction of sp³-hybridized carbons (Fsp3) is 0.346. The Kier molecular flexibility index (Phi) is 3.33. The van der Waals surface area contributed by atoms with Crippen LogP contribution in [0, 0.1) is 12.3 Å². The van der Waals surface area contributed by atoms with Crippen LogP contribution in [-0.2, 0) is 5.41 Å². The summed E-state index contributed by atoms with van der Waals surface area (Å²) in [6, 6.07) is 15.1. The van der Waals surface area contributed by atoms with E-state index in [0.717, 1.165) is 23.4 Å². The van der Waals surface area contributed by atoms with Crippen molar-refractivity contribution < 1.29 is 4.42 Å². The number of benzene rings is 2. The maximum Gasteiger partial charge on any atom is 0.201 e. The minimum Gasteiger partial charge on any atom is -0.440 e. The molecule has 2 bridgehead atoms. The van der Waals surface area contributed by atoms with Gasteiger partial charge in [0.05, 0.1) is 0 Å². The zero-order valence-corrected chi connectivity index (χ0v) is 16.4. The molecule has 2 aromatic carbocycles. The molecule has 3 fully saturated rings. The molecular weight excluding hydrogens is 342 g/mol. The maximum absolute atomic E-state index is 6.20. The summed E-state index contributed by atoms with van der Waals surface area (Å²) in [4.78, 5) is 4.84. The van der Waals surface area contributed by atoms with Gasteiger partial charge in [-0.1, -0.05) is 48.6 Å². The predicted octanol–water partition coefficient (Wildman–Crippen LogP) is 4.93. The number of aromatic nitrogens is 1. The first-order chi connectivity index (χ1) is 13.7. The summed E-state index contributed by atoms with van der Waals surface area (Å²) in [5.41, 5.74) is 5.22. The highest BCUT2D eigenvalue weighted by Gasteiger charge is 2.71. The van der Waals surface area contributed by atoms with E-state index in [1.165, 1.54) is 48.1 Å². The van der Waals surface area contributed by atoms with E-state index >= 15 is 0 Å². The molecule has 140 valence electrons. The van der Waals surface area contributed by atoms with Crippen molar-refractivity contribution in [1.82, 2.24) is 4.98 Å². The van der Waals surface area contributed by atoms with E-state index in [9.17, 15) is 0 Å². The average molecular weight is 367 g/mol. The third-order valence-corrected chi connectivity index (χ3v) is 7.08. The number of oxazole rings is 1. The highest BCUT2D eigenvalue weighted by molar-refractivity contribution is 5.74. The molecule has 28 heavy (non-hydrogen) atoms.